The number of hydrogen-bond donors (Lipinski definition) is 1. The summed E-state index contributed by atoms with van der Waals surface area (Å²) in [6.45, 7) is 0. The Bertz CT molecular complexity index is 873. The first-order valence-electron chi connectivity index (χ1n) is 6.05. The molecule has 0 saturated carbocycles. The number of anilines is 1. The lowest BCUT2D eigenvalue weighted by Gasteiger charge is -2.08. The Kier molecular flexibility index (Phi) is 3.09. The average molecular weight is 280 g/mol. The van der Waals surface area contributed by atoms with Crippen molar-refractivity contribution in [1.29, 1.82) is 5.26 Å². The number of nitrogens with zero attached hydrogens (tertiary/aromatic N) is 3. The van der Waals surface area contributed by atoms with Gasteiger partial charge >= 0.3 is 0 Å². The standard InChI is InChI=1S/C15H9FN4O/c16-12-5-9(7-17)1-4-14(12)21-15-11-6-10(18)2-3-13(11)19-8-20-15/h1-6,8H,18H2. The summed E-state index contributed by atoms with van der Waals surface area (Å²) in [6, 6.07) is 10.9. The molecule has 0 amide bonds. The molecule has 0 aliphatic rings. The van der Waals surface area contributed by atoms with Crippen molar-refractivity contribution in [2.45, 2.75) is 0 Å². The smallest absolute Gasteiger partial charge is 0.230 e. The van der Waals surface area contributed by atoms with E-state index in [1.807, 2.05) is 6.07 Å². The van der Waals surface area contributed by atoms with E-state index < -0.39 is 5.82 Å². The summed E-state index contributed by atoms with van der Waals surface area (Å²) < 4.78 is 19.3. The number of halogens is 1. The number of ether oxygens (including phenoxy) is 1. The van der Waals surface area contributed by atoms with Gasteiger partial charge in [0.15, 0.2) is 11.6 Å². The van der Waals surface area contributed by atoms with Crippen molar-refractivity contribution in [2.24, 2.45) is 0 Å². The normalized spacial score (nSPS) is 10.3. The van der Waals surface area contributed by atoms with E-state index in [1.165, 1.54) is 18.5 Å². The van der Waals surface area contributed by atoms with Gasteiger partial charge in [-0.05, 0) is 36.4 Å². The lowest BCUT2D eigenvalue weighted by molar-refractivity contribution is 0.431. The molecule has 1 aromatic heterocycles. The maximum atomic E-state index is 13.9. The van der Waals surface area contributed by atoms with Gasteiger partial charge in [0.25, 0.3) is 0 Å². The number of fused-ring (bicyclic) bond motifs is 1. The monoisotopic (exact) mass is 280 g/mol. The zero-order valence-electron chi connectivity index (χ0n) is 10.7. The van der Waals surface area contributed by atoms with Crippen LogP contribution in [0.1, 0.15) is 5.56 Å². The number of nitrogens with two attached hydrogens (primary N) is 1. The molecule has 0 radical (unpaired) electrons. The highest BCUT2D eigenvalue weighted by molar-refractivity contribution is 5.86. The summed E-state index contributed by atoms with van der Waals surface area (Å²) in [6.07, 6.45) is 1.33. The molecule has 0 spiro atoms. The van der Waals surface area contributed by atoms with E-state index in [0.29, 0.717) is 16.6 Å². The summed E-state index contributed by atoms with van der Waals surface area (Å²) >= 11 is 0. The lowest BCUT2D eigenvalue weighted by Crippen LogP contribution is -1.95. The molecule has 0 atom stereocenters. The van der Waals surface area contributed by atoms with Gasteiger partial charge in [-0.1, -0.05) is 0 Å². The average Bonchev–Trinajstić information content (AvgIpc) is 2.49. The van der Waals surface area contributed by atoms with Gasteiger partial charge in [0.1, 0.15) is 6.33 Å². The van der Waals surface area contributed by atoms with Crippen LogP contribution >= 0.6 is 0 Å². The molecule has 5 nitrogen and oxygen atoms in total. The molecule has 0 bridgehead atoms. The van der Waals surface area contributed by atoms with Gasteiger partial charge in [-0.15, -0.1) is 0 Å². The number of nitrogen functional groups attached to an aromatic ring is 1. The largest absolute Gasteiger partial charge is 0.435 e. The van der Waals surface area contributed by atoms with E-state index in [1.54, 1.807) is 18.2 Å². The van der Waals surface area contributed by atoms with Crippen molar-refractivity contribution in [2.75, 3.05) is 5.73 Å². The molecule has 0 aliphatic heterocycles. The van der Waals surface area contributed by atoms with E-state index >= 15 is 0 Å². The number of aromatic nitrogens is 2. The van der Waals surface area contributed by atoms with Crippen molar-refractivity contribution in [3.05, 3.63) is 54.1 Å². The molecule has 0 saturated heterocycles. The first kappa shape index (κ1) is 12.8. The summed E-state index contributed by atoms with van der Waals surface area (Å²) in [5.74, 6) is -0.447. The molecule has 3 aromatic rings. The second kappa shape index (κ2) is 5.06. The molecule has 102 valence electrons. The van der Waals surface area contributed by atoms with E-state index in [0.717, 1.165) is 6.07 Å². The second-order valence-electron chi connectivity index (χ2n) is 4.31. The Hall–Kier alpha value is -3.20. The zero-order valence-corrected chi connectivity index (χ0v) is 10.7. The van der Waals surface area contributed by atoms with Crippen molar-refractivity contribution in [3.8, 4) is 17.7 Å². The number of benzene rings is 2. The molecule has 0 fully saturated rings. The third-order valence-electron chi connectivity index (χ3n) is 2.89. The fraction of sp³-hybridized carbons (Fsp3) is 0. The van der Waals surface area contributed by atoms with E-state index in [9.17, 15) is 4.39 Å². The van der Waals surface area contributed by atoms with Crippen LogP contribution < -0.4 is 10.5 Å². The summed E-state index contributed by atoms with van der Waals surface area (Å²) in [5.41, 5.74) is 7.12. The summed E-state index contributed by atoms with van der Waals surface area (Å²) in [4.78, 5) is 8.10. The molecule has 0 unspecified atom stereocenters. The van der Waals surface area contributed by atoms with Crippen LogP contribution in [0.2, 0.25) is 0 Å². The van der Waals surface area contributed by atoms with Crippen LogP contribution in [0.3, 0.4) is 0 Å². The van der Waals surface area contributed by atoms with Crippen LogP contribution in [-0.2, 0) is 0 Å². The molecule has 6 heteroatoms. The number of nitriles is 1. The van der Waals surface area contributed by atoms with Crippen molar-refractivity contribution in [1.82, 2.24) is 9.97 Å². The maximum Gasteiger partial charge on any atom is 0.230 e. The van der Waals surface area contributed by atoms with Crippen LogP contribution in [-0.4, -0.2) is 9.97 Å². The highest BCUT2D eigenvalue weighted by Crippen LogP contribution is 2.29. The van der Waals surface area contributed by atoms with Gasteiger partial charge < -0.3 is 10.5 Å². The van der Waals surface area contributed by atoms with Crippen LogP contribution in [0, 0.1) is 17.1 Å². The highest BCUT2D eigenvalue weighted by atomic mass is 19.1. The van der Waals surface area contributed by atoms with Gasteiger partial charge in [0.2, 0.25) is 5.88 Å². The molecule has 1 heterocycles. The SMILES string of the molecule is N#Cc1ccc(Oc2ncnc3ccc(N)cc23)c(F)c1. The molecular formula is C15H9FN4O. The van der Waals surface area contributed by atoms with E-state index in [-0.39, 0.29) is 17.2 Å². The van der Waals surface area contributed by atoms with Gasteiger partial charge in [0, 0.05) is 5.69 Å². The maximum absolute atomic E-state index is 13.9. The van der Waals surface area contributed by atoms with Gasteiger partial charge in [-0.25, -0.2) is 14.4 Å². The van der Waals surface area contributed by atoms with Crippen LogP contribution in [0.4, 0.5) is 10.1 Å². The fourth-order valence-corrected chi connectivity index (χ4v) is 1.89. The first-order valence-corrected chi connectivity index (χ1v) is 6.05. The van der Waals surface area contributed by atoms with Crippen molar-refractivity contribution < 1.29 is 9.13 Å². The molecule has 3 rings (SSSR count). The fourth-order valence-electron chi connectivity index (χ4n) is 1.89. The van der Waals surface area contributed by atoms with Crippen LogP contribution in [0.15, 0.2) is 42.7 Å². The Morgan fingerprint density at radius 2 is 2.00 bits per heavy atom. The Balaban J connectivity index is 2.06. The third-order valence-corrected chi connectivity index (χ3v) is 2.89. The molecule has 0 aliphatic carbocycles. The second-order valence-corrected chi connectivity index (χ2v) is 4.31. The Morgan fingerprint density at radius 3 is 2.76 bits per heavy atom. The molecular weight excluding hydrogens is 271 g/mol. The summed E-state index contributed by atoms with van der Waals surface area (Å²) in [7, 11) is 0. The minimum absolute atomic E-state index is 0.0172. The number of hydrogen-bond acceptors (Lipinski definition) is 5. The Labute approximate surface area is 119 Å². The summed E-state index contributed by atoms with van der Waals surface area (Å²) in [5, 5.41) is 9.31. The van der Waals surface area contributed by atoms with Gasteiger partial charge in [-0.3, -0.25) is 0 Å². The number of rotatable bonds is 2. The van der Waals surface area contributed by atoms with E-state index in [2.05, 4.69) is 9.97 Å². The van der Waals surface area contributed by atoms with Crippen LogP contribution in [0.5, 0.6) is 11.6 Å². The minimum atomic E-state index is -0.635. The lowest BCUT2D eigenvalue weighted by atomic mass is 10.2. The van der Waals surface area contributed by atoms with Crippen molar-refractivity contribution in [3.63, 3.8) is 0 Å². The molecule has 2 aromatic carbocycles. The predicted octanol–water partition coefficient (Wildman–Crippen LogP) is 3.02. The Morgan fingerprint density at radius 1 is 1.14 bits per heavy atom. The highest BCUT2D eigenvalue weighted by Gasteiger charge is 2.10. The zero-order chi connectivity index (χ0) is 14.8. The van der Waals surface area contributed by atoms with Crippen LogP contribution in [0.25, 0.3) is 10.9 Å². The molecule has 2 N–H and O–H groups in total. The minimum Gasteiger partial charge on any atom is -0.435 e. The third kappa shape index (κ3) is 2.44. The van der Waals surface area contributed by atoms with Gasteiger partial charge in [-0.2, -0.15) is 5.26 Å². The first-order chi connectivity index (χ1) is 10.2. The van der Waals surface area contributed by atoms with E-state index in [4.69, 9.17) is 15.7 Å². The predicted molar refractivity (Wildman–Crippen MR) is 75.1 cm³/mol. The topological polar surface area (TPSA) is 84.8 Å². The van der Waals surface area contributed by atoms with Gasteiger partial charge in [0.05, 0.1) is 22.5 Å². The quantitative estimate of drug-likeness (QED) is 0.729. The molecule has 21 heavy (non-hydrogen) atoms. The van der Waals surface area contributed by atoms with Crippen molar-refractivity contribution >= 4 is 16.6 Å².